The van der Waals surface area contributed by atoms with Gasteiger partial charge in [0.15, 0.2) is 10.9 Å². The van der Waals surface area contributed by atoms with Crippen LogP contribution in [0.2, 0.25) is 0 Å². The van der Waals surface area contributed by atoms with Crippen molar-refractivity contribution in [2.45, 2.75) is 6.18 Å². The highest BCUT2D eigenvalue weighted by Gasteiger charge is 2.36. The molecule has 1 aromatic carbocycles. The zero-order valence-corrected chi connectivity index (χ0v) is 16.5. The summed E-state index contributed by atoms with van der Waals surface area (Å²) in [6.07, 6.45) is -4.58. The van der Waals surface area contributed by atoms with Crippen molar-refractivity contribution in [1.29, 1.82) is 0 Å². The van der Waals surface area contributed by atoms with Gasteiger partial charge in [-0.15, -0.1) is 21.5 Å². The van der Waals surface area contributed by atoms with E-state index < -0.39 is 17.6 Å². The Labute approximate surface area is 174 Å². The molecule has 1 aliphatic rings. The van der Waals surface area contributed by atoms with Crippen molar-refractivity contribution in [2.75, 3.05) is 36.8 Å². The van der Waals surface area contributed by atoms with Crippen molar-refractivity contribution in [2.24, 2.45) is 0 Å². The zero-order valence-electron chi connectivity index (χ0n) is 15.6. The summed E-state index contributed by atoms with van der Waals surface area (Å²) in [5.74, 6) is 0.00914. The smallest absolute Gasteiger partial charge is 0.375 e. The van der Waals surface area contributed by atoms with Gasteiger partial charge in [0.2, 0.25) is 0 Å². The van der Waals surface area contributed by atoms with Crippen molar-refractivity contribution in [3.8, 4) is 11.4 Å². The first-order valence-electron chi connectivity index (χ1n) is 9.08. The molecule has 11 heteroatoms. The lowest BCUT2D eigenvalue weighted by molar-refractivity contribution is -0.138. The summed E-state index contributed by atoms with van der Waals surface area (Å²) in [4.78, 5) is 20.2. The Hall–Kier alpha value is -3.21. The van der Waals surface area contributed by atoms with Gasteiger partial charge in [-0.05, 0) is 24.3 Å². The lowest BCUT2D eigenvalue weighted by atomic mass is 10.1. The molecule has 0 bridgehead atoms. The number of anilines is 2. The Kier molecular flexibility index (Phi) is 5.29. The third-order valence-corrected chi connectivity index (χ3v) is 5.46. The van der Waals surface area contributed by atoms with E-state index in [0.29, 0.717) is 35.4 Å². The van der Waals surface area contributed by atoms with Crippen LogP contribution in [0.3, 0.4) is 0 Å². The van der Waals surface area contributed by atoms with Crippen LogP contribution >= 0.6 is 11.3 Å². The lowest BCUT2D eigenvalue weighted by Gasteiger charge is -2.35. The van der Waals surface area contributed by atoms with Gasteiger partial charge in [0.25, 0.3) is 5.91 Å². The number of thiazole rings is 1. The highest BCUT2D eigenvalue weighted by molar-refractivity contribution is 7.13. The van der Waals surface area contributed by atoms with E-state index in [9.17, 15) is 18.0 Å². The average molecular weight is 434 g/mol. The quantitative estimate of drug-likeness (QED) is 0.681. The van der Waals surface area contributed by atoms with Crippen LogP contribution in [0.1, 0.15) is 15.9 Å². The average Bonchev–Trinajstić information content (AvgIpc) is 3.19. The fraction of sp³-hybridized carbons (Fsp3) is 0.263. The van der Waals surface area contributed by atoms with E-state index in [1.165, 1.54) is 34.4 Å². The molecule has 1 amide bonds. The Morgan fingerprint density at radius 2 is 1.73 bits per heavy atom. The number of hydrogen-bond acceptors (Lipinski definition) is 7. The van der Waals surface area contributed by atoms with E-state index in [-0.39, 0.29) is 18.7 Å². The van der Waals surface area contributed by atoms with E-state index in [4.69, 9.17) is 5.73 Å². The molecule has 0 unspecified atom stereocenters. The minimum atomic E-state index is -4.58. The summed E-state index contributed by atoms with van der Waals surface area (Å²) in [5.41, 5.74) is 5.64. The van der Waals surface area contributed by atoms with Crippen LogP contribution in [-0.2, 0) is 6.18 Å². The second kappa shape index (κ2) is 7.90. The molecular weight excluding hydrogens is 417 g/mol. The van der Waals surface area contributed by atoms with Gasteiger partial charge in [-0.2, -0.15) is 13.2 Å². The van der Waals surface area contributed by atoms with Gasteiger partial charge in [0, 0.05) is 31.6 Å². The van der Waals surface area contributed by atoms with Crippen LogP contribution in [-0.4, -0.2) is 52.2 Å². The molecule has 0 radical (unpaired) electrons. The molecule has 0 spiro atoms. The molecule has 0 saturated carbocycles. The highest BCUT2D eigenvalue weighted by Crippen LogP contribution is 2.32. The molecule has 0 aliphatic carbocycles. The summed E-state index contributed by atoms with van der Waals surface area (Å²) in [7, 11) is 0. The van der Waals surface area contributed by atoms with Crippen LogP contribution in [0.4, 0.5) is 24.1 Å². The first-order chi connectivity index (χ1) is 14.3. The van der Waals surface area contributed by atoms with E-state index >= 15 is 0 Å². The zero-order chi connectivity index (χ0) is 21.3. The number of nitrogens with two attached hydrogens (primary N) is 1. The number of halogens is 3. The molecule has 1 aliphatic heterocycles. The Balaban J connectivity index is 1.42. The highest BCUT2D eigenvalue weighted by atomic mass is 32.1. The number of benzene rings is 1. The van der Waals surface area contributed by atoms with Crippen molar-refractivity contribution < 1.29 is 18.0 Å². The topological polar surface area (TPSA) is 88.2 Å². The molecule has 7 nitrogen and oxygen atoms in total. The SMILES string of the molecule is Nc1nc(-c2ccc(N3CCN(C(=O)c4ccccc4C(F)(F)F)CC3)nn2)cs1. The van der Waals surface area contributed by atoms with Crippen LogP contribution < -0.4 is 10.6 Å². The number of nitrogens with zero attached hydrogens (tertiary/aromatic N) is 5. The molecule has 1 saturated heterocycles. The van der Waals surface area contributed by atoms with Gasteiger partial charge < -0.3 is 15.5 Å². The maximum absolute atomic E-state index is 13.2. The fourth-order valence-corrected chi connectivity index (χ4v) is 3.82. The number of aromatic nitrogens is 3. The first-order valence-corrected chi connectivity index (χ1v) is 9.96. The second-order valence-electron chi connectivity index (χ2n) is 6.67. The predicted molar refractivity (Wildman–Crippen MR) is 107 cm³/mol. The summed E-state index contributed by atoms with van der Waals surface area (Å²) in [6.45, 7) is 1.46. The fourth-order valence-electron chi connectivity index (χ4n) is 3.26. The first kappa shape index (κ1) is 20.1. The maximum atomic E-state index is 13.2. The second-order valence-corrected chi connectivity index (χ2v) is 7.56. The number of carbonyl (C=O) groups excluding carboxylic acids is 1. The number of piperazine rings is 1. The molecule has 2 aromatic heterocycles. The van der Waals surface area contributed by atoms with Gasteiger partial charge in [-0.3, -0.25) is 4.79 Å². The third-order valence-electron chi connectivity index (χ3n) is 4.79. The molecule has 3 heterocycles. The van der Waals surface area contributed by atoms with Crippen LogP contribution in [0.5, 0.6) is 0 Å². The minimum Gasteiger partial charge on any atom is -0.375 e. The van der Waals surface area contributed by atoms with Crippen molar-refractivity contribution in [3.05, 3.63) is 52.9 Å². The number of alkyl halides is 3. The molecule has 3 aromatic rings. The number of carbonyl (C=O) groups is 1. The van der Waals surface area contributed by atoms with E-state index in [1.807, 2.05) is 4.90 Å². The van der Waals surface area contributed by atoms with Crippen molar-refractivity contribution >= 4 is 28.2 Å². The van der Waals surface area contributed by atoms with Crippen molar-refractivity contribution in [1.82, 2.24) is 20.1 Å². The monoisotopic (exact) mass is 434 g/mol. The predicted octanol–water partition coefficient (Wildman–Crippen LogP) is 3.16. The Bertz CT molecular complexity index is 1040. The summed E-state index contributed by atoms with van der Waals surface area (Å²) in [5, 5.41) is 10.6. The van der Waals surface area contributed by atoms with Gasteiger partial charge >= 0.3 is 6.18 Å². The minimum absolute atomic E-state index is 0.289. The Morgan fingerprint density at radius 3 is 2.33 bits per heavy atom. The van der Waals surface area contributed by atoms with Gasteiger partial charge in [0.05, 0.1) is 11.1 Å². The summed E-state index contributed by atoms with van der Waals surface area (Å²) in [6, 6.07) is 8.44. The van der Waals surface area contributed by atoms with Crippen LogP contribution in [0.15, 0.2) is 41.8 Å². The third kappa shape index (κ3) is 4.06. The normalized spacial score (nSPS) is 14.8. The van der Waals surface area contributed by atoms with Crippen molar-refractivity contribution in [3.63, 3.8) is 0 Å². The number of rotatable bonds is 3. The number of amides is 1. The van der Waals surface area contributed by atoms with Crippen LogP contribution in [0.25, 0.3) is 11.4 Å². The van der Waals surface area contributed by atoms with E-state index in [0.717, 1.165) is 6.07 Å². The number of hydrogen-bond donors (Lipinski definition) is 1. The van der Waals surface area contributed by atoms with E-state index in [2.05, 4.69) is 15.2 Å². The molecule has 4 rings (SSSR count). The van der Waals surface area contributed by atoms with Gasteiger partial charge in [0.1, 0.15) is 11.4 Å². The molecule has 30 heavy (non-hydrogen) atoms. The number of nitrogen functional groups attached to an aromatic ring is 1. The molecule has 2 N–H and O–H groups in total. The summed E-state index contributed by atoms with van der Waals surface area (Å²) >= 11 is 1.32. The lowest BCUT2D eigenvalue weighted by Crippen LogP contribution is -2.49. The van der Waals surface area contributed by atoms with Gasteiger partial charge in [-0.1, -0.05) is 12.1 Å². The standard InChI is InChI=1S/C19H17F3N6OS/c20-19(21,22)13-4-2-1-3-12(13)17(29)28-9-7-27(8-10-28)16-6-5-14(25-26-16)15-11-30-18(23)24-15/h1-6,11H,7-10H2,(H2,23,24). The van der Waals surface area contributed by atoms with Crippen LogP contribution in [0, 0.1) is 0 Å². The molecule has 1 fully saturated rings. The molecule has 0 atom stereocenters. The Morgan fingerprint density at radius 1 is 1.00 bits per heavy atom. The molecule has 156 valence electrons. The molecular formula is C19H17F3N6OS. The maximum Gasteiger partial charge on any atom is 0.417 e. The summed E-state index contributed by atoms with van der Waals surface area (Å²) < 4.78 is 39.6. The van der Waals surface area contributed by atoms with Gasteiger partial charge in [-0.25, -0.2) is 4.98 Å². The van der Waals surface area contributed by atoms with E-state index in [1.54, 1.807) is 17.5 Å². The largest absolute Gasteiger partial charge is 0.417 e.